The largest absolute Gasteiger partial charge is 0.424 e. The number of anilines is 2. The van der Waals surface area contributed by atoms with Crippen LogP contribution in [0.1, 0.15) is 21.5 Å². The number of rotatable bonds is 8. The molecule has 0 saturated heterocycles. The van der Waals surface area contributed by atoms with E-state index in [4.69, 9.17) is 4.74 Å². The lowest BCUT2D eigenvalue weighted by atomic mass is 10.1. The molecule has 0 unspecified atom stereocenters. The van der Waals surface area contributed by atoms with Crippen molar-refractivity contribution in [2.75, 3.05) is 16.4 Å². The van der Waals surface area contributed by atoms with Gasteiger partial charge in [-0.15, -0.1) is 11.8 Å². The van der Waals surface area contributed by atoms with E-state index in [1.807, 2.05) is 56.3 Å². The zero-order valence-corrected chi connectivity index (χ0v) is 20.1. The van der Waals surface area contributed by atoms with Gasteiger partial charge >= 0.3 is 6.01 Å². The number of carbonyl (C=O) groups excluding carboxylic acids is 2. The molecule has 0 atom stereocenters. The Hall–Kier alpha value is -4.17. The van der Waals surface area contributed by atoms with Crippen LogP contribution in [0.3, 0.4) is 0 Å². The molecule has 8 heteroatoms. The molecule has 4 rings (SSSR count). The van der Waals surface area contributed by atoms with Gasteiger partial charge in [0.2, 0.25) is 5.91 Å². The molecular weight excluding hydrogens is 460 g/mol. The third-order valence-electron chi connectivity index (χ3n) is 5.02. The quantitative estimate of drug-likeness (QED) is 0.304. The Kier molecular flexibility index (Phi) is 7.74. The molecule has 1 heterocycles. The number of nitrogens with one attached hydrogen (secondary N) is 2. The molecule has 0 aliphatic rings. The summed E-state index contributed by atoms with van der Waals surface area (Å²) < 4.78 is 5.65. The highest BCUT2D eigenvalue weighted by molar-refractivity contribution is 8.00. The zero-order chi connectivity index (χ0) is 24.6. The van der Waals surface area contributed by atoms with Gasteiger partial charge in [-0.2, -0.15) is 0 Å². The smallest absolute Gasteiger partial charge is 0.321 e. The Morgan fingerprint density at radius 2 is 1.63 bits per heavy atom. The minimum Gasteiger partial charge on any atom is -0.424 e. The molecule has 3 aromatic carbocycles. The normalized spacial score (nSPS) is 10.5. The summed E-state index contributed by atoms with van der Waals surface area (Å²) in [6.45, 7) is 3.87. The Bertz CT molecular complexity index is 1330. The standard InChI is InChI=1S/C27H24N4O3S/c1-18-8-10-20(11-9-18)30-25(32)17-35-24-7-4-3-6-22(24)26(33)31-23-13-12-21(16-19(23)2)34-27-28-14-5-15-29-27/h3-16H,17H2,1-2H3,(H,30,32)(H,31,33). The van der Waals surface area contributed by atoms with Crippen molar-refractivity contribution in [2.24, 2.45) is 0 Å². The van der Waals surface area contributed by atoms with Crippen molar-refractivity contribution >= 4 is 35.0 Å². The Balaban J connectivity index is 1.39. The molecule has 7 nitrogen and oxygen atoms in total. The highest BCUT2D eigenvalue weighted by Gasteiger charge is 2.15. The van der Waals surface area contributed by atoms with E-state index < -0.39 is 0 Å². The van der Waals surface area contributed by atoms with Gasteiger partial charge < -0.3 is 15.4 Å². The SMILES string of the molecule is Cc1ccc(NC(=O)CSc2ccccc2C(=O)Nc2ccc(Oc3ncccn3)cc2C)cc1. The molecule has 0 bridgehead atoms. The van der Waals surface area contributed by atoms with Crippen molar-refractivity contribution in [3.8, 4) is 11.8 Å². The number of amides is 2. The average molecular weight is 485 g/mol. The predicted molar refractivity (Wildman–Crippen MR) is 138 cm³/mol. The summed E-state index contributed by atoms with van der Waals surface area (Å²) in [5.74, 6) is 0.366. The first kappa shape index (κ1) is 24.0. The number of carbonyl (C=O) groups is 2. The van der Waals surface area contributed by atoms with Crippen LogP contribution in [-0.2, 0) is 4.79 Å². The van der Waals surface area contributed by atoms with E-state index in [2.05, 4.69) is 20.6 Å². The number of aromatic nitrogens is 2. The fraction of sp³-hybridized carbons (Fsp3) is 0.111. The number of aryl methyl sites for hydroxylation is 2. The van der Waals surface area contributed by atoms with Crippen molar-refractivity contribution in [3.05, 3.63) is 102 Å². The molecular formula is C27H24N4O3S. The van der Waals surface area contributed by atoms with Crippen LogP contribution in [-0.4, -0.2) is 27.5 Å². The molecule has 4 aromatic rings. The van der Waals surface area contributed by atoms with E-state index in [-0.39, 0.29) is 23.6 Å². The van der Waals surface area contributed by atoms with Gasteiger partial charge in [-0.1, -0.05) is 29.8 Å². The summed E-state index contributed by atoms with van der Waals surface area (Å²) in [6, 6.07) is 22.1. The lowest BCUT2D eigenvalue weighted by Crippen LogP contribution is -2.16. The van der Waals surface area contributed by atoms with Gasteiger partial charge in [-0.05, 0) is 67.9 Å². The maximum absolute atomic E-state index is 13.1. The van der Waals surface area contributed by atoms with Crippen LogP contribution >= 0.6 is 11.8 Å². The van der Waals surface area contributed by atoms with Crippen LogP contribution in [0.2, 0.25) is 0 Å². The highest BCUT2D eigenvalue weighted by atomic mass is 32.2. The molecule has 176 valence electrons. The minimum atomic E-state index is -0.254. The van der Waals surface area contributed by atoms with E-state index in [0.717, 1.165) is 21.7 Å². The Morgan fingerprint density at radius 1 is 0.886 bits per heavy atom. The molecule has 0 aliphatic carbocycles. The van der Waals surface area contributed by atoms with E-state index in [0.29, 0.717) is 17.0 Å². The summed E-state index contributed by atoms with van der Waals surface area (Å²) in [5, 5.41) is 5.83. The third kappa shape index (κ3) is 6.68. The summed E-state index contributed by atoms with van der Waals surface area (Å²) in [5.41, 5.74) is 3.86. The Labute approximate surface area is 208 Å². The third-order valence-corrected chi connectivity index (χ3v) is 6.10. The van der Waals surface area contributed by atoms with Crippen LogP contribution in [0.5, 0.6) is 11.8 Å². The lowest BCUT2D eigenvalue weighted by Gasteiger charge is -2.13. The van der Waals surface area contributed by atoms with Crippen molar-refractivity contribution in [1.29, 1.82) is 0 Å². The van der Waals surface area contributed by atoms with Crippen LogP contribution in [0, 0.1) is 13.8 Å². The van der Waals surface area contributed by atoms with E-state index in [1.54, 1.807) is 42.7 Å². The van der Waals surface area contributed by atoms with Crippen LogP contribution in [0.15, 0.2) is 90.1 Å². The molecule has 35 heavy (non-hydrogen) atoms. The van der Waals surface area contributed by atoms with Gasteiger partial charge in [0, 0.05) is 28.7 Å². The summed E-state index contributed by atoms with van der Waals surface area (Å²) in [7, 11) is 0. The monoisotopic (exact) mass is 484 g/mol. The van der Waals surface area contributed by atoms with Crippen LogP contribution in [0.4, 0.5) is 11.4 Å². The number of benzene rings is 3. The molecule has 0 radical (unpaired) electrons. The van der Waals surface area contributed by atoms with Gasteiger partial charge in [-0.25, -0.2) is 9.97 Å². The molecule has 0 spiro atoms. The fourth-order valence-electron chi connectivity index (χ4n) is 3.23. The summed E-state index contributed by atoms with van der Waals surface area (Å²) in [4.78, 5) is 34.3. The van der Waals surface area contributed by atoms with Gasteiger partial charge in [0.1, 0.15) is 5.75 Å². The number of nitrogens with zero attached hydrogens (tertiary/aromatic N) is 2. The van der Waals surface area contributed by atoms with Crippen molar-refractivity contribution < 1.29 is 14.3 Å². The molecule has 1 aromatic heterocycles. The van der Waals surface area contributed by atoms with Crippen molar-refractivity contribution in [2.45, 2.75) is 18.7 Å². The second kappa shape index (κ2) is 11.3. The second-order valence-electron chi connectivity index (χ2n) is 7.76. The maximum atomic E-state index is 13.1. The summed E-state index contributed by atoms with van der Waals surface area (Å²) in [6.07, 6.45) is 3.21. The van der Waals surface area contributed by atoms with Gasteiger partial charge in [0.15, 0.2) is 0 Å². The predicted octanol–water partition coefficient (Wildman–Crippen LogP) is 5.87. The Morgan fingerprint density at radius 3 is 2.37 bits per heavy atom. The van der Waals surface area contributed by atoms with Crippen LogP contribution < -0.4 is 15.4 Å². The highest BCUT2D eigenvalue weighted by Crippen LogP contribution is 2.27. The maximum Gasteiger partial charge on any atom is 0.321 e. The van der Waals surface area contributed by atoms with E-state index in [9.17, 15) is 9.59 Å². The first-order valence-electron chi connectivity index (χ1n) is 10.9. The van der Waals surface area contributed by atoms with Crippen LogP contribution in [0.25, 0.3) is 0 Å². The number of hydrogen-bond acceptors (Lipinski definition) is 6. The van der Waals surface area contributed by atoms with E-state index >= 15 is 0 Å². The average Bonchev–Trinajstić information content (AvgIpc) is 2.86. The van der Waals surface area contributed by atoms with Crippen molar-refractivity contribution in [3.63, 3.8) is 0 Å². The molecule has 0 saturated carbocycles. The number of ether oxygens (including phenoxy) is 1. The fourth-order valence-corrected chi connectivity index (χ4v) is 4.08. The van der Waals surface area contributed by atoms with Gasteiger partial charge in [0.05, 0.1) is 11.3 Å². The minimum absolute atomic E-state index is 0.136. The zero-order valence-electron chi connectivity index (χ0n) is 19.3. The van der Waals surface area contributed by atoms with Gasteiger partial charge in [-0.3, -0.25) is 9.59 Å². The first-order chi connectivity index (χ1) is 17.0. The molecule has 2 N–H and O–H groups in total. The van der Waals surface area contributed by atoms with Crippen molar-refractivity contribution in [1.82, 2.24) is 9.97 Å². The lowest BCUT2D eigenvalue weighted by molar-refractivity contribution is -0.113. The number of thioether (sulfide) groups is 1. The topological polar surface area (TPSA) is 93.2 Å². The second-order valence-corrected chi connectivity index (χ2v) is 8.78. The summed E-state index contributed by atoms with van der Waals surface area (Å²) >= 11 is 1.32. The number of hydrogen-bond donors (Lipinski definition) is 2. The molecule has 0 aliphatic heterocycles. The first-order valence-corrected chi connectivity index (χ1v) is 11.9. The molecule has 0 fully saturated rings. The van der Waals surface area contributed by atoms with Gasteiger partial charge in [0.25, 0.3) is 5.91 Å². The van der Waals surface area contributed by atoms with E-state index in [1.165, 1.54) is 11.8 Å². The molecule has 2 amide bonds.